The predicted molar refractivity (Wildman–Crippen MR) is 108 cm³/mol. The number of imide groups is 1. The number of fused-ring (bicyclic) bond motifs is 1. The van der Waals surface area contributed by atoms with Crippen molar-refractivity contribution in [2.45, 2.75) is 19.1 Å². The summed E-state index contributed by atoms with van der Waals surface area (Å²) in [5.74, 6) is -0.0188. The van der Waals surface area contributed by atoms with E-state index in [-0.39, 0.29) is 39.7 Å². The minimum Gasteiger partial charge on any atom is -0.497 e. The van der Waals surface area contributed by atoms with Crippen molar-refractivity contribution in [3.05, 3.63) is 40.7 Å². The van der Waals surface area contributed by atoms with Gasteiger partial charge in [0, 0.05) is 6.42 Å². The maximum Gasteiger partial charge on any atom is 0.424 e. The molecule has 0 aliphatic heterocycles. The van der Waals surface area contributed by atoms with Crippen LogP contribution in [-0.4, -0.2) is 72.2 Å². The number of methoxy groups -OCH3 is 1. The van der Waals surface area contributed by atoms with E-state index in [4.69, 9.17) is 16.3 Å². The summed E-state index contributed by atoms with van der Waals surface area (Å²) < 4.78 is 6.51. The molecular weight excluding hydrogens is 434 g/mol. The lowest BCUT2D eigenvalue weighted by molar-refractivity contribution is 0.0948. The minimum atomic E-state index is -1.81. The lowest BCUT2D eigenvalue weighted by atomic mass is 10.1. The van der Waals surface area contributed by atoms with E-state index in [1.807, 2.05) is 0 Å². The topological polar surface area (TPSA) is 171 Å². The van der Waals surface area contributed by atoms with E-state index in [1.54, 1.807) is 24.3 Å². The molecule has 1 atom stereocenters. The second kappa shape index (κ2) is 9.12. The third kappa shape index (κ3) is 4.66. The molecule has 0 aliphatic rings. The van der Waals surface area contributed by atoms with E-state index >= 15 is 0 Å². The number of nitrogens with zero attached hydrogens (tertiary/aromatic N) is 5. The average Bonchev–Trinajstić information content (AvgIpc) is 3.05. The summed E-state index contributed by atoms with van der Waals surface area (Å²) in [5, 5.41) is 41.8. The summed E-state index contributed by atoms with van der Waals surface area (Å²) in [7, 11) is 1.53. The molecule has 2 heterocycles. The number of hydrogen-bond acceptors (Lipinski definition) is 8. The number of carbonyl (C=O) groups is 2. The highest BCUT2D eigenvalue weighted by atomic mass is 35.5. The van der Waals surface area contributed by atoms with Gasteiger partial charge >= 0.3 is 12.2 Å². The van der Waals surface area contributed by atoms with Crippen LogP contribution in [0.15, 0.2) is 24.3 Å². The Morgan fingerprint density at radius 3 is 2.39 bits per heavy atom. The van der Waals surface area contributed by atoms with E-state index in [0.717, 1.165) is 5.56 Å². The van der Waals surface area contributed by atoms with E-state index in [1.165, 1.54) is 11.8 Å². The van der Waals surface area contributed by atoms with Gasteiger partial charge < -0.3 is 25.2 Å². The molecule has 31 heavy (non-hydrogen) atoms. The highest BCUT2D eigenvalue weighted by Gasteiger charge is 2.28. The van der Waals surface area contributed by atoms with Crippen LogP contribution in [0, 0.1) is 0 Å². The average molecular weight is 452 g/mol. The lowest BCUT2D eigenvalue weighted by Crippen LogP contribution is -2.36. The molecule has 3 aromatic rings. The van der Waals surface area contributed by atoms with Crippen LogP contribution in [0.1, 0.15) is 11.3 Å². The number of hydrogen-bond donors (Lipinski definition) is 4. The van der Waals surface area contributed by atoms with Gasteiger partial charge in [0.25, 0.3) is 0 Å². The zero-order valence-corrected chi connectivity index (χ0v) is 16.9. The third-order valence-electron chi connectivity index (χ3n) is 4.32. The molecule has 2 aromatic heterocycles. The van der Waals surface area contributed by atoms with Crippen molar-refractivity contribution in [1.29, 1.82) is 0 Å². The number of rotatable bonds is 7. The molecule has 0 fully saturated rings. The monoisotopic (exact) mass is 451 g/mol. The molecule has 1 aromatic carbocycles. The molecule has 0 bridgehead atoms. The fourth-order valence-corrected chi connectivity index (χ4v) is 3.16. The molecule has 4 N–H and O–H groups in total. The Bertz CT molecular complexity index is 1100. The van der Waals surface area contributed by atoms with Gasteiger partial charge in [-0.1, -0.05) is 23.7 Å². The minimum absolute atomic E-state index is 0.0680. The number of aliphatic hydroxyl groups excluding tert-OH is 2. The molecule has 3 rings (SSSR count). The van der Waals surface area contributed by atoms with Crippen molar-refractivity contribution >= 4 is 40.8 Å². The number of aromatic nitrogens is 4. The third-order valence-corrected chi connectivity index (χ3v) is 4.60. The Morgan fingerprint density at radius 1 is 1.19 bits per heavy atom. The van der Waals surface area contributed by atoms with Crippen LogP contribution in [0.4, 0.5) is 15.5 Å². The van der Waals surface area contributed by atoms with Gasteiger partial charge in [0.05, 0.1) is 37.4 Å². The van der Waals surface area contributed by atoms with Crippen LogP contribution >= 0.6 is 11.6 Å². The summed E-state index contributed by atoms with van der Waals surface area (Å²) >= 11 is 6.23. The second-order valence-electron chi connectivity index (χ2n) is 6.41. The molecule has 13 heteroatoms. The standard InChI is InChI=1S/C18H18ClN5O7/c1-31-11-4-2-9(3-5-11)7-23-15-13(12(22-23)6-10(26)8-25)14(19)20-16(21-15)24(17(27)28)18(29)30/h2-5,10,25-26H,6-8H2,1H3,(H,27,28)(H,29,30). The zero-order valence-electron chi connectivity index (χ0n) is 16.1. The summed E-state index contributed by atoms with van der Waals surface area (Å²) in [5.41, 5.74) is 1.11. The van der Waals surface area contributed by atoms with E-state index in [0.29, 0.717) is 5.75 Å². The van der Waals surface area contributed by atoms with Crippen LogP contribution in [-0.2, 0) is 13.0 Å². The molecule has 12 nitrogen and oxygen atoms in total. The molecule has 1 unspecified atom stereocenters. The molecule has 0 spiro atoms. The van der Waals surface area contributed by atoms with Gasteiger partial charge in [-0.25, -0.2) is 14.3 Å². The number of anilines is 1. The Balaban J connectivity index is 2.15. The number of carboxylic acid groups (broad SMARTS) is 2. The van der Waals surface area contributed by atoms with Crippen molar-refractivity contribution in [2.24, 2.45) is 0 Å². The normalized spacial score (nSPS) is 12.0. The molecule has 2 amide bonds. The molecule has 0 aliphatic carbocycles. The Labute approximate surface area is 179 Å². The predicted octanol–water partition coefficient (Wildman–Crippen LogP) is 1.59. The van der Waals surface area contributed by atoms with Crippen LogP contribution in [0.3, 0.4) is 0 Å². The first kappa shape index (κ1) is 22.2. The lowest BCUT2D eigenvalue weighted by Gasteiger charge is -2.12. The van der Waals surface area contributed by atoms with E-state index in [2.05, 4.69) is 15.1 Å². The van der Waals surface area contributed by atoms with Crippen LogP contribution in [0.5, 0.6) is 5.75 Å². The fourth-order valence-electron chi connectivity index (χ4n) is 2.89. The van der Waals surface area contributed by atoms with E-state index < -0.39 is 30.8 Å². The number of aliphatic hydroxyl groups is 2. The number of halogens is 1. The molecular formula is C18H18ClN5O7. The van der Waals surface area contributed by atoms with Crippen molar-refractivity contribution in [3.8, 4) is 5.75 Å². The Kier molecular flexibility index (Phi) is 6.53. The van der Waals surface area contributed by atoms with Gasteiger partial charge in [-0.2, -0.15) is 15.1 Å². The maximum atomic E-state index is 11.3. The van der Waals surface area contributed by atoms with Gasteiger partial charge in [-0.3, -0.25) is 0 Å². The fraction of sp³-hybridized carbons (Fsp3) is 0.278. The number of ether oxygens (including phenoxy) is 1. The number of benzene rings is 1. The molecule has 0 saturated carbocycles. The highest BCUT2D eigenvalue weighted by molar-refractivity contribution is 6.34. The zero-order chi connectivity index (χ0) is 22.7. The Hall–Kier alpha value is -3.48. The van der Waals surface area contributed by atoms with Crippen LogP contribution < -0.4 is 9.64 Å². The first-order valence-electron chi connectivity index (χ1n) is 8.85. The van der Waals surface area contributed by atoms with Gasteiger partial charge in [-0.15, -0.1) is 4.90 Å². The van der Waals surface area contributed by atoms with Gasteiger partial charge in [0.2, 0.25) is 5.95 Å². The molecule has 164 valence electrons. The first-order chi connectivity index (χ1) is 14.7. The van der Waals surface area contributed by atoms with Gasteiger partial charge in [0.15, 0.2) is 5.65 Å². The summed E-state index contributed by atoms with van der Waals surface area (Å²) in [6.07, 6.45) is -4.81. The molecule has 0 radical (unpaired) electrons. The summed E-state index contributed by atoms with van der Waals surface area (Å²) in [6.45, 7) is -0.349. The number of amides is 2. The van der Waals surface area contributed by atoms with Gasteiger partial charge in [-0.05, 0) is 17.7 Å². The van der Waals surface area contributed by atoms with Crippen LogP contribution in [0.2, 0.25) is 5.15 Å². The SMILES string of the molecule is COc1ccc(Cn2nc(CC(O)CO)c3c(Cl)nc(N(C(=O)O)C(=O)O)nc32)cc1. The summed E-state index contributed by atoms with van der Waals surface area (Å²) in [6, 6.07) is 7.03. The van der Waals surface area contributed by atoms with Crippen molar-refractivity contribution in [3.63, 3.8) is 0 Å². The first-order valence-corrected chi connectivity index (χ1v) is 9.23. The van der Waals surface area contributed by atoms with Crippen LogP contribution in [0.25, 0.3) is 11.0 Å². The highest BCUT2D eigenvalue weighted by Crippen LogP contribution is 2.28. The second-order valence-corrected chi connectivity index (χ2v) is 6.76. The van der Waals surface area contributed by atoms with Crippen molar-refractivity contribution in [2.75, 3.05) is 18.6 Å². The summed E-state index contributed by atoms with van der Waals surface area (Å²) in [4.78, 5) is 30.5. The Morgan fingerprint density at radius 2 is 1.84 bits per heavy atom. The van der Waals surface area contributed by atoms with Crippen molar-refractivity contribution in [1.82, 2.24) is 19.7 Å². The molecule has 0 saturated heterocycles. The van der Waals surface area contributed by atoms with Crippen molar-refractivity contribution < 1.29 is 34.8 Å². The van der Waals surface area contributed by atoms with Gasteiger partial charge in [0.1, 0.15) is 10.9 Å². The van der Waals surface area contributed by atoms with E-state index in [9.17, 15) is 30.0 Å². The quantitative estimate of drug-likeness (QED) is 0.386. The largest absolute Gasteiger partial charge is 0.497 e. The smallest absolute Gasteiger partial charge is 0.424 e. The maximum absolute atomic E-state index is 11.3.